The van der Waals surface area contributed by atoms with Crippen LogP contribution in [0.15, 0.2) is 58.8 Å². The average molecular weight is 518 g/mol. The Hall–Kier alpha value is -1.88. The minimum atomic E-state index is -4.85. The summed E-state index contributed by atoms with van der Waals surface area (Å²) in [6.07, 6.45) is 16.3. The summed E-state index contributed by atoms with van der Waals surface area (Å²) in [4.78, 5) is 0. The summed E-state index contributed by atoms with van der Waals surface area (Å²) in [5.41, 5.74) is 2.36. The molecule has 0 unspecified atom stereocenters. The summed E-state index contributed by atoms with van der Waals surface area (Å²) in [5.74, 6) is 0. The van der Waals surface area contributed by atoms with Gasteiger partial charge in [-0.05, 0) is 6.42 Å². The fraction of sp³-hybridized carbons (Fsp3) is 0.538. The molecular weight excluding hydrogens is 477 g/mol. The van der Waals surface area contributed by atoms with Crippen LogP contribution in [0, 0.1) is 0 Å². The molecule has 0 fully saturated rings. The van der Waals surface area contributed by atoms with Crippen molar-refractivity contribution in [3.8, 4) is 0 Å². The topological polar surface area (TPSA) is 94.3 Å². The first kappa shape index (κ1) is 27.4. The third-order valence-electron chi connectivity index (χ3n) is 5.69. The molecule has 0 spiro atoms. The Morgan fingerprint density at radius 1 is 0.667 bits per heavy atom. The second kappa shape index (κ2) is 15.9. The van der Waals surface area contributed by atoms with Crippen LogP contribution < -0.4 is 9.67 Å². The van der Waals surface area contributed by atoms with Gasteiger partial charge in [0.15, 0.2) is 0 Å². The van der Waals surface area contributed by atoms with Crippen molar-refractivity contribution in [2.45, 2.75) is 84.0 Å². The van der Waals surface area contributed by atoms with E-state index in [1.54, 1.807) is 12.1 Å². The Morgan fingerprint density at radius 2 is 1.09 bits per heavy atom. The molecule has 182 valence electrons. The zero-order chi connectivity index (χ0) is 23.8. The van der Waals surface area contributed by atoms with Crippen molar-refractivity contribution in [1.29, 1.82) is 0 Å². The van der Waals surface area contributed by atoms with Gasteiger partial charge in [0.05, 0.1) is 0 Å². The molecule has 2 aromatic carbocycles. The normalized spacial score (nSPS) is 11.8. The zero-order valence-electron chi connectivity index (χ0n) is 20.0. The molecule has 0 heterocycles. The predicted octanol–water partition coefficient (Wildman–Crippen LogP) is 6.78. The molecule has 0 saturated heterocycles. The number of anilines is 1. The number of azo groups is 1. The summed E-state index contributed by atoms with van der Waals surface area (Å²) in [5, 5.41) is 11.8. The molecule has 0 atom stereocenters. The molecular formula is C26H40AsN3O3. The van der Waals surface area contributed by atoms with E-state index >= 15 is 0 Å². The first-order valence-electron chi connectivity index (χ1n) is 12.4. The Morgan fingerprint density at radius 3 is 1.55 bits per heavy atom. The van der Waals surface area contributed by atoms with Gasteiger partial charge in [0.1, 0.15) is 0 Å². The van der Waals surface area contributed by atoms with Crippen LogP contribution in [0.2, 0.25) is 0 Å². The van der Waals surface area contributed by atoms with E-state index < -0.39 is 14.2 Å². The van der Waals surface area contributed by atoms with Gasteiger partial charge in [0, 0.05) is 0 Å². The summed E-state index contributed by atoms with van der Waals surface area (Å²) < 4.78 is 29.7. The Balaban J connectivity index is 1.55. The Kier molecular flexibility index (Phi) is 13.2. The van der Waals surface area contributed by atoms with Crippen LogP contribution in [0.1, 0.15) is 84.0 Å². The molecule has 7 heteroatoms. The third kappa shape index (κ3) is 12.2. The van der Waals surface area contributed by atoms with Gasteiger partial charge in [-0.1, -0.05) is 77.6 Å². The summed E-state index contributed by atoms with van der Waals surface area (Å²) in [6.45, 7) is 3.25. The van der Waals surface area contributed by atoms with Gasteiger partial charge in [-0.25, -0.2) is 0 Å². The number of rotatable bonds is 17. The Labute approximate surface area is 201 Å². The van der Waals surface area contributed by atoms with Crippen molar-refractivity contribution < 1.29 is 11.9 Å². The number of hydrogen-bond donors (Lipinski definition) is 3. The van der Waals surface area contributed by atoms with E-state index in [4.69, 9.17) is 0 Å². The van der Waals surface area contributed by atoms with Crippen molar-refractivity contribution in [3.63, 3.8) is 0 Å². The van der Waals surface area contributed by atoms with Crippen molar-refractivity contribution >= 4 is 35.6 Å². The van der Waals surface area contributed by atoms with Crippen LogP contribution in [0.25, 0.3) is 0 Å². The molecule has 0 aliphatic rings. The van der Waals surface area contributed by atoms with Crippen LogP contribution in [0.4, 0.5) is 17.1 Å². The SMILES string of the molecule is CCCCCCCCCCCCCCNc1ccc(N=Nc2ccc([As](=O)(O)O)cc2)cc1. The van der Waals surface area contributed by atoms with E-state index in [9.17, 15) is 11.9 Å². The Bertz CT molecular complexity index is 848. The number of nitrogens with one attached hydrogen (secondary N) is 1. The van der Waals surface area contributed by atoms with Crippen LogP contribution in [0.5, 0.6) is 0 Å². The maximum absolute atomic E-state index is 11.3. The number of hydrogen-bond acceptors (Lipinski definition) is 4. The molecule has 3 N–H and O–H groups in total. The maximum atomic E-state index is 11.3. The van der Waals surface area contributed by atoms with E-state index in [1.165, 1.54) is 89.2 Å². The summed E-state index contributed by atoms with van der Waals surface area (Å²) in [6, 6.07) is 13.7. The molecule has 0 aliphatic heterocycles. The van der Waals surface area contributed by atoms with Gasteiger partial charge in [-0.2, -0.15) is 0 Å². The molecule has 33 heavy (non-hydrogen) atoms. The van der Waals surface area contributed by atoms with Crippen molar-refractivity contribution in [3.05, 3.63) is 48.5 Å². The molecule has 6 nitrogen and oxygen atoms in total. The van der Waals surface area contributed by atoms with Crippen LogP contribution in [-0.4, -0.2) is 28.9 Å². The van der Waals surface area contributed by atoms with E-state index in [2.05, 4.69) is 22.5 Å². The van der Waals surface area contributed by atoms with Gasteiger partial charge in [0.2, 0.25) is 0 Å². The van der Waals surface area contributed by atoms with Gasteiger partial charge in [0.25, 0.3) is 0 Å². The van der Waals surface area contributed by atoms with Gasteiger partial charge < -0.3 is 0 Å². The minimum absolute atomic E-state index is 0.0377. The predicted molar refractivity (Wildman–Crippen MR) is 137 cm³/mol. The molecule has 2 rings (SSSR count). The number of nitrogens with zero attached hydrogens (tertiary/aromatic N) is 2. The van der Waals surface area contributed by atoms with Crippen molar-refractivity contribution in [1.82, 2.24) is 0 Å². The molecule has 0 radical (unpaired) electrons. The van der Waals surface area contributed by atoms with Gasteiger partial charge >= 0.3 is 118 Å². The van der Waals surface area contributed by atoms with Gasteiger partial charge in [-0.15, -0.1) is 0 Å². The molecule has 0 saturated carbocycles. The molecule has 0 amide bonds. The quantitative estimate of drug-likeness (QED) is 0.123. The van der Waals surface area contributed by atoms with Crippen molar-refractivity contribution in [2.75, 3.05) is 11.9 Å². The van der Waals surface area contributed by atoms with Gasteiger partial charge in [-0.3, -0.25) is 0 Å². The summed E-state index contributed by atoms with van der Waals surface area (Å²) >= 11 is -4.85. The molecule has 2 aromatic rings. The molecule has 0 aromatic heterocycles. The van der Waals surface area contributed by atoms with Crippen LogP contribution in [0.3, 0.4) is 0 Å². The number of unbranched alkanes of at least 4 members (excludes halogenated alkanes) is 11. The fourth-order valence-electron chi connectivity index (χ4n) is 3.67. The van der Waals surface area contributed by atoms with E-state index in [0.717, 1.165) is 17.9 Å². The second-order valence-corrected chi connectivity index (χ2v) is 12.0. The summed E-state index contributed by atoms with van der Waals surface area (Å²) in [7, 11) is 0. The van der Waals surface area contributed by atoms with Crippen LogP contribution >= 0.6 is 0 Å². The second-order valence-electron chi connectivity index (χ2n) is 8.62. The first-order valence-corrected chi connectivity index (χ1v) is 15.8. The third-order valence-corrected chi connectivity index (χ3v) is 7.73. The molecule has 0 bridgehead atoms. The van der Waals surface area contributed by atoms with Crippen LogP contribution in [-0.2, 0) is 3.74 Å². The fourth-order valence-corrected chi connectivity index (χ4v) is 4.80. The van der Waals surface area contributed by atoms with E-state index in [-0.39, 0.29) is 4.35 Å². The van der Waals surface area contributed by atoms with E-state index in [0.29, 0.717) is 5.69 Å². The average Bonchev–Trinajstić information content (AvgIpc) is 2.81. The number of benzene rings is 2. The monoisotopic (exact) mass is 517 g/mol. The van der Waals surface area contributed by atoms with E-state index in [1.807, 2.05) is 24.3 Å². The van der Waals surface area contributed by atoms with Crippen molar-refractivity contribution in [2.24, 2.45) is 10.2 Å². The first-order chi connectivity index (χ1) is 16.0. The standard InChI is InChI=1S/C26H40AsN3O3/c1-2-3-4-5-6-7-8-9-10-11-12-13-22-28-24-18-20-26(21-19-24)30-29-25-16-14-23(15-17-25)27(31,32)33/h14-21,28H,2-13,22H2,1H3,(H2,31,32,33). The molecule has 0 aliphatic carbocycles. The zero-order valence-corrected chi connectivity index (χ0v) is 21.8.